The summed E-state index contributed by atoms with van der Waals surface area (Å²) in [4.78, 5) is 23.3. The number of rotatable bonds is 5. The van der Waals surface area contributed by atoms with Gasteiger partial charge in [-0.1, -0.05) is 12.1 Å². The molecule has 1 fully saturated rings. The number of amides is 1. The van der Waals surface area contributed by atoms with Crippen molar-refractivity contribution in [1.29, 1.82) is 0 Å². The van der Waals surface area contributed by atoms with Gasteiger partial charge in [-0.3, -0.25) is 4.79 Å². The van der Waals surface area contributed by atoms with Gasteiger partial charge in [-0.15, -0.1) is 0 Å². The summed E-state index contributed by atoms with van der Waals surface area (Å²) in [6, 6.07) is 9.05. The Morgan fingerprint density at radius 3 is 2.83 bits per heavy atom. The fourth-order valence-electron chi connectivity index (χ4n) is 2.68. The van der Waals surface area contributed by atoms with Gasteiger partial charge < -0.3 is 15.0 Å². The van der Waals surface area contributed by atoms with Crippen LogP contribution in [0.25, 0.3) is 0 Å². The zero-order chi connectivity index (χ0) is 16.1. The monoisotopic (exact) mass is 312 g/mol. The molecular formula is C17H20N4O2. The zero-order valence-corrected chi connectivity index (χ0v) is 13.2. The van der Waals surface area contributed by atoms with Gasteiger partial charge in [0.1, 0.15) is 17.4 Å². The van der Waals surface area contributed by atoms with E-state index in [1.165, 1.54) is 12.8 Å². The lowest BCUT2D eigenvalue weighted by Crippen LogP contribution is -2.25. The van der Waals surface area contributed by atoms with E-state index in [4.69, 9.17) is 4.74 Å². The summed E-state index contributed by atoms with van der Waals surface area (Å²) in [5.74, 6) is 1.89. The van der Waals surface area contributed by atoms with Crippen molar-refractivity contribution in [1.82, 2.24) is 15.3 Å². The second kappa shape index (κ2) is 7.09. The maximum Gasteiger partial charge on any atom is 0.255 e. The van der Waals surface area contributed by atoms with Crippen LogP contribution in [0, 0.1) is 0 Å². The summed E-state index contributed by atoms with van der Waals surface area (Å²) in [5.41, 5.74) is 0.505. The summed E-state index contributed by atoms with van der Waals surface area (Å²) in [6.45, 7) is 2.35. The van der Waals surface area contributed by atoms with Gasteiger partial charge >= 0.3 is 0 Å². The number of carbonyl (C=O) groups excluding carboxylic acids is 1. The molecule has 2 aromatic rings. The minimum atomic E-state index is -0.197. The van der Waals surface area contributed by atoms with E-state index in [-0.39, 0.29) is 5.91 Å². The molecule has 6 heteroatoms. The predicted octanol–water partition coefficient (Wildman–Crippen LogP) is 2.02. The molecule has 0 bridgehead atoms. The van der Waals surface area contributed by atoms with Crippen LogP contribution in [0.2, 0.25) is 0 Å². The van der Waals surface area contributed by atoms with Crippen LogP contribution in [0.4, 0.5) is 5.82 Å². The number of para-hydroxylation sites is 1. The second-order valence-electron chi connectivity index (χ2n) is 5.41. The molecule has 1 aliphatic rings. The third-order valence-corrected chi connectivity index (χ3v) is 3.88. The van der Waals surface area contributed by atoms with E-state index in [9.17, 15) is 4.79 Å². The first-order chi connectivity index (χ1) is 11.3. The van der Waals surface area contributed by atoms with Crippen LogP contribution in [0.15, 0.2) is 36.5 Å². The van der Waals surface area contributed by atoms with Gasteiger partial charge in [0, 0.05) is 19.3 Å². The number of anilines is 1. The Morgan fingerprint density at radius 1 is 1.26 bits per heavy atom. The highest BCUT2D eigenvalue weighted by atomic mass is 16.5. The lowest BCUT2D eigenvalue weighted by molar-refractivity contribution is 0.0947. The Balaban J connectivity index is 1.66. The van der Waals surface area contributed by atoms with E-state index >= 15 is 0 Å². The number of nitrogens with zero attached hydrogens (tertiary/aromatic N) is 3. The number of aromatic nitrogens is 2. The molecule has 1 aromatic heterocycles. The van der Waals surface area contributed by atoms with E-state index in [2.05, 4.69) is 20.2 Å². The standard InChI is InChI=1S/C17H20N4O2/c1-23-14-7-3-2-6-13(14)17(22)19-12-15-18-9-8-16(20-15)21-10-4-5-11-21/h2-3,6-9H,4-5,10-12H2,1H3,(H,19,22). The third kappa shape index (κ3) is 3.59. The molecular weight excluding hydrogens is 292 g/mol. The maximum atomic E-state index is 12.3. The Kier molecular flexibility index (Phi) is 4.71. The highest BCUT2D eigenvalue weighted by Crippen LogP contribution is 2.18. The van der Waals surface area contributed by atoms with E-state index in [0.717, 1.165) is 18.9 Å². The van der Waals surface area contributed by atoms with Gasteiger partial charge in [0.05, 0.1) is 19.2 Å². The van der Waals surface area contributed by atoms with E-state index in [1.54, 1.807) is 25.4 Å². The van der Waals surface area contributed by atoms with Crippen LogP contribution < -0.4 is 15.0 Å². The van der Waals surface area contributed by atoms with E-state index in [1.807, 2.05) is 18.2 Å². The Hall–Kier alpha value is -2.63. The minimum Gasteiger partial charge on any atom is -0.496 e. The summed E-state index contributed by atoms with van der Waals surface area (Å²) >= 11 is 0. The van der Waals surface area contributed by atoms with Crippen LogP contribution >= 0.6 is 0 Å². The molecule has 0 aliphatic carbocycles. The van der Waals surface area contributed by atoms with Crippen molar-refractivity contribution in [3.8, 4) is 5.75 Å². The highest BCUT2D eigenvalue weighted by Gasteiger charge is 2.15. The van der Waals surface area contributed by atoms with Crippen LogP contribution in [0.5, 0.6) is 5.75 Å². The lowest BCUT2D eigenvalue weighted by Gasteiger charge is -2.16. The number of carbonyl (C=O) groups is 1. The fourth-order valence-corrected chi connectivity index (χ4v) is 2.68. The maximum absolute atomic E-state index is 12.3. The molecule has 6 nitrogen and oxygen atoms in total. The average molecular weight is 312 g/mol. The van der Waals surface area contributed by atoms with Gasteiger partial charge in [0.25, 0.3) is 5.91 Å². The van der Waals surface area contributed by atoms with Crippen molar-refractivity contribution in [3.63, 3.8) is 0 Å². The molecule has 1 amide bonds. The van der Waals surface area contributed by atoms with E-state index in [0.29, 0.717) is 23.7 Å². The van der Waals surface area contributed by atoms with Gasteiger partial charge in [-0.2, -0.15) is 0 Å². The van der Waals surface area contributed by atoms with Crippen LogP contribution in [-0.4, -0.2) is 36.1 Å². The average Bonchev–Trinajstić information content (AvgIpc) is 3.14. The van der Waals surface area contributed by atoms with Gasteiger partial charge in [0.15, 0.2) is 0 Å². The Bertz CT molecular complexity index is 684. The molecule has 1 saturated heterocycles. The Labute approximate surface area is 135 Å². The summed E-state index contributed by atoms with van der Waals surface area (Å²) in [5, 5.41) is 2.85. The fraction of sp³-hybridized carbons (Fsp3) is 0.353. The first-order valence-corrected chi connectivity index (χ1v) is 7.76. The van der Waals surface area contributed by atoms with Gasteiger partial charge in [-0.05, 0) is 31.0 Å². The smallest absolute Gasteiger partial charge is 0.255 e. The molecule has 23 heavy (non-hydrogen) atoms. The molecule has 3 rings (SSSR count). The molecule has 1 aliphatic heterocycles. The summed E-state index contributed by atoms with van der Waals surface area (Å²) in [7, 11) is 1.55. The zero-order valence-electron chi connectivity index (χ0n) is 13.2. The number of nitrogens with one attached hydrogen (secondary N) is 1. The highest BCUT2D eigenvalue weighted by molar-refractivity contribution is 5.96. The first kappa shape index (κ1) is 15.3. The van der Waals surface area contributed by atoms with Gasteiger partial charge in [0.2, 0.25) is 0 Å². The largest absolute Gasteiger partial charge is 0.496 e. The third-order valence-electron chi connectivity index (χ3n) is 3.88. The summed E-state index contributed by atoms with van der Waals surface area (Å²) in [6.07, 6.45) is 4.14. The van der Waals surface area contributed by atoms with Crippen LogP contribution in [0.1, 0.15) is 29.0 Å². The molecule has 0 spiro atoms. The number of hydrogen-bond acceptors (Lipinski definition) is 5. The van der Waals surface area contributed by atoms with Crippen molar-refractivity contribution >= 4 is 11.7 Å². The topological polar surface area (TPSA) is 67.3 Å². The number of benzene rings is 1. The summed E-state index contributed by atoms with van der Waals surface area (Å²) < 4.78 is 5.21. The quantitative estimate of drug-likeness (QED) is 0.915. The number of ether oxygens (including phenoxy) is 1. The lowest BCUT2D eigenvalue weighted by atomic mass is 10.2. The van der Waals surface area contributed by atoms with Gasteiger partial charge in [-0.25, -0.2) is 9.97 Å². The first-order valence-electron chi connectivity index (χ1n) is 7.76. The molecule has 120 valence electrons. The van der Waals surface area contributed by atoms with E-state index < -0.39 is 0 Å². The van der Waals surface area contributed by atoms with Crippen molar-refractivity contribution in [2.75, 3.05) is 25.1 Å². The normalized spacial score (nSPS) is 13.9. The number of methoxy groups -OCH3 is 1. The molecule has 0 radical (unpaired) electrons. The minimum absolute atomic E-state index is 0.197. The molecule has 0 saturated carbocycles. The van der Waals surface area contributed by atoms with Crippen molar-refractivity contribution in [2.24, 2.45) is 0 Å². The molecule has 0 atom stereocenters. The van der Waals surface area contributed by atoms with Crippen LogP contribution in [0.3, 0.4) is 0 Å². The van der Waals surface area contributed by atoms with Crippen molar-refractivity contribution in [2.45, 2.75) is 19.4 Å². The number of hydrogen-bond donors (Lipinski definition) is 1. The van der Waals surface area contributed by atoms with Crippen molar-refractivity contribution < 1.29 is 9.53 Å². The Morgan fingerprint density at radius 2 is 2.04 bits per heavy atom. The molecule has 0 unspecified atom stereocenters. The SMILES string of the molecule is COc1ccccc1C(=O)NCc1nccc(N2CCCC2)n1. The predicted molar refractivity (Wildman–Crippen MR) is 87.6 cm³/mol. The molecule has 2 heterocycles. The van der Waals surface area contributed by atoms with Crippen LogP contribution in [-0.2, 0) is 6.54 Å². The van der Waals surface area contributed by atoms with Crippen molar-refractivity contribution in [3.05, 3.63) is 47.9 Å². The second-order valence-corrected chi connectivity index (χ2v) is 5.41. The molecule has 1 aromatic carbocycles. The molecule has 1 N–H and O–H groups in total.